The monoisotopic (exact) mass is 187 g/mol. The third-order valence-corrected chi connectivity index (χ3v) is 1.98. The predicted octanol–water partition coefficient (Wildman–Crippen LogP) is 1.50. The molecule has 0 amide bonds. The van der Waals surface area contributed by atoms with Crippen molar-refractivity contribution in [1.82, 2.24) is 4.90 Å². The van der Waals surface area contributed by atoms with Crippen molar-refractivity contribution >= 4 is 0 Å². The average Bonchev–Trinajstić information content (AvgIpc) is 2.21. The number of hydrazine groups is 1. The van der Waals surface area contributed by atoms with Crippen molar-refractivity contribution in [3.05, 3.63) is 12.2 Å². The van der Waals surface area contributed by atoms with Crippen LogP contribution in [-0.4, -0.2) is 24.5 Å². The Labute approximate surface area is 82.7 Å². The Bertz CT molecular complexity index is 98.3. The molecular formula is C10H25N3. The molecular weight excluding hydrogens is 162 g/mol. The van der Waals surface area contributed by atoms with Crippen LogP contribution in [0.4, 0.5) is 0 Å². The van der Waals surface area contributed by atoms with Crippen LogP contribution >= 0.6 is 0 Å². The van der Waals surface area contributed by atoms with E-state index in [2.05, 4.69) is 49.5 Å². The largest absolute Gasteiger partial charge is 0.304 e. The fourth-order valence-electron chi connectivity index (χ4n) is 1.14. The number of nitrogens with zero attached hydrogens (tertiary/aromatic N) is 1. The lowest BCUT2D eigenvalue weighted by Crippen LogP contribution is -2.23. The molecule has 0 atom stereocenters. The van der Waals surface area contributed by atoms with Crippen LogP contribution in [0.15, 0.2) is 12.2 Å². The summed E-state index contributed by atoms with van der Waals surface area (Å²) in [6.07, 6.45) is 6.89. The molecule has 0 heterocycles. The van der Waals surface area contributed by atoms with Gasteiger partial charge in [0, 0.05) is 0 Å². The number of hydrogen-bond acceptors (Lipinski definition) is 3. The fourth-order valence-corrected chi connectivity index (χ4v) is 1.14. The van der Waals surface area contributed by atoms with Crippen molar-refractivity contribution in [1.29, 1.82) is 0 Å². The van der Waals surface area contributed by atoms with E-state index in [4.69, 9.17) is 0 Å². The smallest absolute Gasteiger partial charge is 0.00160 e. The lowest BCUT2D eigenvalue weighted by atomic mass is 10.2. The maximum Gasteiger partial charge on any atom is -0.00160 e. The molecule has 0 bridgehead atoms. The molecule has 0 saturated heterocycles. The molecule has 3 nitrogen and oxygen atoms in total. The lowest BCUT2D eigenvalue weighted by molar-refractivity contribution is 0.301. The summed E-state index contributed by atoms with van der Waals surface area (Å²) in [6.45, 7) is 10.1. The van der Waals surface area contributed by atoms with E-state index in [1.54, 1.807) is 0 Å². The molecule has 0 aliphatic rings. The highest BCUT2D eigenvalue weighted by atomic mass is 15.1. The third-order valence-electron chi connectivity index (χ3n) is 1.98. The van der Waals surface area contributed by atoms with Gasteiger partial charge in [-0.3, -0.25) is 11.7 Å². The van der Waals surface area contributed by atoms with E-state index >= 15 is 0 Å². The SMILES string of the molecule is CC=CCCCN(CC)CC.NN. The zero-order valence-electron chi connectivity index (χ0n) is 9.29. The van der Waals surface area contributed by atoms with Gasteiger partial charge in [-0.15, -0.1) is 0 Å². The van der Waals surface area contributed by atoms with Gasteiger partial charge in [-0.1, -0.05) is 26.0 Å². The molecule has 0 saturated carbocycles. The summed E-state index contributed by atoms with van der Waals surface area (Å²) in [6, 6.07) is 0. The van der Waals surface area contributed by atoms with Crippen molar-refractivity contribution in [2.24, 2.45) is 11.7 Å². The average molecular weight is 187 g/mol. The minimum atomic E-state index is 1.19. The fraction of sp³-hybridized carbons (Fsp3) is 0.800. The Hall–Kier alpha value is -0.380. The quantitative estimate of drug-likeness (QED) is 0.287. The summed E-state index contributed by atoms with van der Waals surface area (Å²) in [5, 5.41) is 0. The van der Waals surface area contributed by atoms with E-state index in [1.165, 1.54) is 32.5 Å². The van der Waals surface area contributed by atoms with Crippen LogP contribution in [0.2, 0.25) is 0 Å². The number of hydrogen-bond donors (Lipinski definition) is 2. The molecule has 0 aliphatic carbocycles. The summed E-state index contributed by atoms with van der Waals surface area (Å²) in [4.78, 5) is 2.46. The first-order chi connectivity index (χ1) is 6.35. The molecule has 3 heteroatoms. The molecule has 4 N–H and O–H groups in total. The summed E-state index contributed by atoms with van der Waals surface area (Å²) in [5.74, 6) is 8.00. The van der Waals surface area contributed by atoms with Crippen LogP contribution < -0.4 is 11.7 Å². The molecule has 0 aromatic heterocycles. The van der Waals surface area contributed by atoms with Gasteiger partial charge in [0.25, 0.3) is 0 Å². The number of allylic oxidation sites excluding steroid dienone is 2. The van der Waals surface area contributed by atoms with Gasteiger partial charge in [0.2, 0.25) is 0 Å². The number of rotatable bonds is 6. The Morgan fingerprint density at radius 2 is 1.69 bits per heavy atom. The van der Waals surface area contributed by atoms with Crippen LogP contribution in [-0.2, 0) is 0 Å². The van der Waals surface area contributed by atoms with Crippen LogP contribution in [0.25, 0.3) is 0 Å². The minimum absolute atomic E-state index is 1.19. The molecule has 80 valence electrons. The molecule has 0 radical (unpaired) electrons. The summed E-state index contributed by atoms with van der Waals surface area (Å²) in [5.41, 5.74) is 0. The maximum absolute atomic E-state index is 4.00. The second kappa shape index (κ2) is 14.2. The third kappa shape index (κ3) is 11.6. The van der Waals surface area contributed by atoms with Crippen LogP contribution in [0.5, 0.6) is 0 Å². The molecule has 0 spiro atoms. The highest BCUT2D eigenvalue weighted by molar-refractivity contribution is 4.76. The zero-order valence-corrected chi connectivity index (χ0v) is 9.29. The Balaban J connectivity index is 0. The second-order valence-electron chi connectivity index (χ2n) is 2.74. The molecule has 0 aromatic carbocycles. The van der Waals surface area contributed by atoms with E-state index in [-0.39, 0.29) is 0 Å². The Morgan fingerprint density at radius 3 is 2.08 bits per heavy atom. The lowest BCUT2D eigenvalue weighted by Gasteiger charge is -2.16. The molecule has 0 aliphatic heterocycles. The van der Waals surface area contributed by atoms with Crippen molar-refractivity contribution in [2.75, 3.05) is 19.6 Å². The molecule has 0 rings (SSSR count). The van der Waals surface area contributed by atoms with Gasteiger partial charge < -0.3 is 4.90 Å². The Kier molecular flexibility index (Phi) is 16.5. The first-order valence-corrected chi connectivity index (χ1v) is 5.02. The minimum Gasteiger partial charge on any atom is -0.304 e. The van der Waals surface area contributed by atoms with Crippen LogP contribution in [0.1, 0.15) is 33.6 Å². The molecule has 0 unspecified atom stereocenters. The predicted molar refractivity (Wildman–Crippen MR) is 60.2 cm³/mol. The van der Waals surface area contributed by atoms with Gasteiger partial charge in [-0.2, -0.15) is 0 Å². The first kappa shape index (κ1) is 15.1. The maximum atomic E-state index is 4.00. The summed E-state index contributed by atoms with van der Waals surface area (Å²) in [7, 11) is 0. The zero-order chi connectivity index (χ0) is 10.5. The van der Waals surface area contributed by atoms with E-state index in [9.17, 15) is 0 Å². The van der Waals surface area contributed by atoms with E-state index in [0.29, 0.717) is 0 Å². The van der Waals surface area contributed by atoms with Gasteiger partial charge in [0.15, 0.2) is 0 Å². The van der Waals surface area contributed by atoms with E-state index in [1.807, 2.05) is 0 Å². The Morgan fingerprint density at radius 1 is 1.15 bits per heavy atom. The van der Waals surface area contributed by atoms with Crippen molar-refractivity contribution in [2.45, 2.75) is 33.6 Å². The number of nitrogens with two attached hydrogens (primary N) is 2. The molecule has 13 heavy (non-hydrogen) atoms. The standard InChI is InChI=1S/C10H21N.H4N2/c1-4-7-8-9-10-11(5-2)6-3;1-2/h4,7H,5-6,8-10H2,1-3H3;1-2H2. The molecule has 0 fully saturated rings. The van der Waals surface area contributed by atoms with Crippen molar-refractivity contribution in [3.8, 4) is 0 Å². The van der Waals surface area contributed by atoms with Gasteiger partial charge in [0.05, 0.1) is 0 Å². The first-order valence-electron chi connectivity index (χ1n) is 5.02. The van der Waals surface area contributed by atoms with Crippen LogP contribution in [0.3, 0.4) is 0 Å². The van der Waals surface area contributed by atoms with Gasteiger partial charge in [-0.25, -0.2) is 0 Å². The summed E-state index contributed by atoms with van der Waals surface area (Å²) < 4.78 is 0. The van der Waals surface area contributed by atoms with Crippen LogP contribution in [0, 0.1) is 0 Å². The molecule has 0 aromatic rings. The second-order valence-corrected chi connectivity index (χ2v) is 2.74. The van der Waals surface area contributed by atoms with E-state index in [0.717, 1.165) is 0 Å². The topological polar surface area (TPSA) is 55.3 Å². The van der Waals surface area contributed by atoms with Crippen molar-refractivity contribution in [3.63, 3.8) is 0 Å². The van der Waals surface area contributed by atoms with E-state index < -0.39 is 0 Å². The number of unbranched alkanes of at least 4 members (excludes halogenated alkanes) is 1. The van der Waals surface area contributed by atoms with Gasteiger partial charge in [-0.05, 0) is 39.4 Å². The summed E-state index contributed by atoms with van der Waals surface area (Å²) >= 11 is 0. The highest BCUT2D eigenvalue weighted by Gasteiger charge is 1.95. The van der Waals surface area contributed by atoms with Crippen molar-refractivity contribution < 1.29 is 0 Å². The van der Waals surface area contributed by atoms with Gasteiger partial charge >= 0.3 is 0 Å². The highest BCUT2D eigenvalue weighted by Crippen LogP contribution is 1.95. The normalized spacial score (nSPS) is 10.3. The van der Waals surface area contributed by atoms with Gasteiger partial charge in [0.1, 0.15) is 0 Å².